The van der Waals surface area contributed by atoms with Crippen LogP contribution in [0.1, 0.15) is 5.69 Å². The van der Waals surface area contributed by atoms with Gasteiger partial charge >= 0.3 is 5.82 Å². The lowest BCUT2D eigenvalue weighted by molar-refractivity contribution is -0.390. The number of anilines is 1. The van der Waals surface area contributed by atoms with E-state index in [2.05, 4.69) is 26.3 Å². The molecule has 10 heteroatoms. The number of carbonyl (C=O) groups excluding carboxylic acids is 1. The Labute approximate surface area is 131 Å². The van der Waals surface area contributed by atoms with E-state index >= 15 is 0 Å². The molecule has 1 heterocycles. The van der Waals surface area contributed by atoms with Crippen molar-refractivity contribution >= 4 is 33.3 Å². The van der Waals surface area contributed by atoms with Crippen molar-refractivity contribution in [2.24, 2.45) is 0 Å². The number of hydrogen-bond acceptors (Lipinski definition) is 4. The van der Waals surface area contributed by atoms with Crippen LogP contribution >= 0.6 is 15.9 Å². The van der Waals surface area contributed by atoms with E-state index in [0.717, 1.165) is 16.8 Å². The number of aromatic nitrogens is 2. The van der Waals surface area contributed by atoms with Crippen LogP contribution in [0.15, 0.2) is 22.7 Å². The van der Waals surface area contributed by atoms with Gasteiger partial charge in [0, 0.05) is 6.07 Å². The average Bonchev–Trinajstić information content (AvgIpc) is 2.70. The Kier molecular flexibility index (Phi) is 4.50. The van der Waals surface area contributed by atoms with Crippen molar-refractivity contribution in [3.05, 3.63) is 50.1 Å². The van der Waals surface area contributed by atoms with Crippen LogP contribution in [0.25, 0.3) is 0 Å². The second kappa shape index (κ2) is 6.18. The van der Waals surface area contributed by atoms with Gasteiger partial charge in [-0.1, -0.05) is 0 Å². The van der Waals surface area contributed by atoms with Gasteiger partial charge in [-0.05, 0) is 39.9 Å². The minimum Gasteiger partial charge on any atom is -0.358 e. The molecule has 0 bridgehead atoms. The molecule has 0 radical (unpaired) electrons. The summed E-state index contributed by atoms with van der Waals surface area (Å²) in [5.41, 5.74) is 0.186. The molecule has 0 aliphatic carbocycles. The van der Waals surface area contributed by atoms with E-state index in [9.17, 15) is 23.7 Å². The summed E-state index contributed by atoms with van der Waals surface area (Å²) < 4.78 is 27.5. The predicted octanol–water partition coefficient (Wildman–Crippen LogP) is 2.78. The van der Waals surface area contributed by atoms with Crippen LogP contribution in [-0.2, 0) is 11.3 Å². The molecule has 0 saturated heterocycles. The van der Waals surface area contributed by atoms with E-state index < -0.39 is 28.3 Å². The molecule has 1 aromatic carbocycles. The highest BCUT2D eigenvalue weighted by molar-refractivity contribution is 9.10. The highest BCUT2D eigenvalue weighted by atomic mass is 79.9. The molecule has 0 aliphatic heterocycles. The van der Waals surface area contributed by atoms with E-state index in [1.54, 1.807) is 0 Å². The molecular formula is C12H9BrF2N4O3. The molecule has 2 aromatic rings. The molecule has 116 valence electrons. The Morgan fingerprint density at radius 1 is 1.50 bits per heavy atom. The van der Waals surface area contributed by atoms with Gasteiger partial charge in [-0.15, -0.1) is 0 Å². The minimum absolute atomic E-state index is 0.165. The fraction of sp³-hybridized carbons (Fsp3) is 0.167. The van der Waals surface area contributed by atoms with Gasteiger partial charge in [0.1, 0.15) is 22.7 Å². The van der Waals surface area contributed by atoms with Crippen LogP contribution in [0.2, 0.25) is 0 Å². The number of hydrogen-bond donors (Lipinski definition) is 1. The Morgan fingerprint density at radius 2 is 2.18 bits per heavy atom. The lowest BCUT2D eigenvalue weighted by Crippen LogP contribution is -2.21. The molecule has 0 spiro atoms. The fourth-order valence-corrected chi connectivity index (χ4v) is 2.12. The van der Waals surface area contributed by atoms with E-state index in [-0.39, 0.29) is 16.7 Å². The molecule has 22 heavy (non-hydrogen) atoms. The first kappa shape index (κ1) is 16.0. The lowest BCUT2D eigenvalue weighted by Gasteiger charge is -2.06. The largest absolute Gasteiger partial charge is 0.404 e. The Bertz CT molecular complexity index is 763. The van der Waals surface area contributed by atoms with Crippen molar-refractivity contribution in [1.29, 1.82) is 0 Å². The summed E-state index contributed by atoms with van der Waals surface area (Å²) in [4.78, 5) is 21.9. The van der Waals surface area contributed by atoms with Crippen molar-refractivity contribution < 1.29 is 18.5 Å². The highest BCUT2D eigenvalue weighted by Crippen LogP contribution is 2.26. The Balaban J connectivity index is 2.16. The average molecular weight is 375 g/mol. The van der Waals surface area contributed by atoms with E-state index in [4.69, 9.17) is 0 Å². The smallest absolute Gasteiger partial charge is 0.358 e. The fourth-order valence-electron chi connectivity index (χ4n) is 1.70. The zero-order chi connectivity index (χ0) is 16.4. The van der Waals surface area contributed by atoms with E-state index in [0.29, 0.717) is 11.8 Å². The summed E-state index contributed by atoms with van der Waals surface area (Å²) in [5, 5.41) is 16.7. The molecule has 1 aromatic heterocycles. The first-order valence-corrected chi connectivity index (χ1v) is 6.71. The number of nitrogens with one attached hydrogen (secondary N) is 1. The van der Waals surface area contributed by atoms with Gasteiger partial charge in [-0.25, -0.2) is 8.78 Å². The zero-order valence-electron chi connectivity index (χ0n) is 11.1. The molecule has 0 atom stereocenters. The molecule has 0 fully saturated rings. The van der Waals surface area contributed by atoms with Gasteiger partial charge in [-0.3, -0.25) is 4.79 Å². The zero-order valence-corrected chi connectivity index (χ0v) is 12.7. The molecule has 1 amide bonds. The third-order valence-electron chi connectivity index (χ3n) is 2.79. The van der Waals surface area contributed by atoms with E-state index in [1.807, 2.05) is 0 Å². The number of halogens is 3. The van der Waals surface area contributed by atoms with Crippen LogP contribution < -0.4 is 5.32 Å². The molecule has 0 aliphatic rings. The number of amides is 1. The minimum atomic E-state index is -0.919. The Morgan fingerprint density at radius 3 is 2.73 bits per heavy atom. The SMILES string of the molecule is Cc1c(Br)c([N+](=O)[O-])nn1CC(=O)Nc1ccc(F)cc1F. The molecular weight excluding hydrogens is 366 g/mol. The van der Waals surface area contributed by atoms with Crippen molar-refractivity contribution in [2.75, 3.05) is 5.32 Å². The topological polar surface area (TPSA) is 90.1 Å². The van der Waals surface area contributed by atoms with Gasteiger partial charge in [0.2, 0.25) is 5.91 Å². The van der Waals surface area contributed by atoms with Crippen LogP contribution in [-0.4, -0.2) is 20.6 Å². The first-order valence-electron chi connectivity index (χ1n) is 5.91. The molecule has 7 nitrogen and oxygen atoms in total. The molecule has 2 rings (SSSR count). The van der Waals surface area contributed by atoms with Gasteiger partial charge in [0.15, 0.2) is 0 Å². The number of rotatable bonds is 4. The summed E-state index contributed by atoms with van der Waals surface area (Å²) in [6, 6.07) is 2.71. The summed E-state index contributed by atoms with van der Waals surface area (Å²) in [6.07, 6.45) is 0. The quantitative estimate of drug-likeness (QED) is 0.657. The number of nitrogens with zero attached hydrogens (tertiary/aromatic N) is 3. The van der Waals surface area contributed by atoms with Crippen molar-refractivity contribution in [2.45, 2.75) is 13.5 Å². The van der Waals surface area contributed by atoms with Crippen molar-refractivity contribution in [3.8, 4) is 0 Å². The van der Waals surface area contributed by atoms with Crippen LogP contribution in [0.3, 0.4) is 0 Å². The summed E-state index contributed by atoms with van der Waals surface area (Å²) in [6.45, 7) is 1.19. The van der Waals surface area contributed by atoms with Crippen LogP contribution in [0, 0.1) is 28.7 Å². The van der Waals surface area contributed by atoms with Crippen molar-refractivity contribution in [3.63, 3.8) is 0 Å². The summed E-state index contributed by atoms with van der Waals surface area (Å²) >= 11 is 3.02. The number of carbonyl (C=O) groups is 1. The molecule has 0 saturated carbocycles. The lowest BCUT2D eigenvalue weighted by atomic mass is 10.3. The van der Waals surface area contributed by atoms with Crippen LogP contribution in [0.4, 0.5) is 20.3 Å². The maximum Gasteiger partial charge on any atom is 0.404 e. The van der Waals surface area contributed by atoms with Crippen molar-refractivity contribution in [1.82, 2.24) is 9.78 Å². The molecule has 0 unspecified atom stereocenters. The van der Waals surface area contributed by atoms with Crippen LogP contribution in [0.5, 0.6) is 0 Å². The maximum atomic E-state index is 13.4. The standard InChI is InChI=1S/C12H9BrF2N4O3/c1-6-11(13)12(19(21)22)17-18(6)5-10(20)16-9-3-2-7(14)4-8(9)15/h2-4H,5H2,1H3,(H,16,20). The normalized spacial score (nSPS) is 10.5. The first-order chi connectivity index (χ1) is 10.3. The van der Waals surface area contributed by atoms with Gasteiger partial charge in [-0.2, -0.15) is 4.68 Å². The summed E-state index contributed by atoms with van der Waals surface area (Å²) in [5.74, 6) is -2.76. The highest BCUT2D eigenvalue weighted by Gasteiger charge is 2.24. The van der Waals surface area contributed by atoms with Gasteiger partial charge in [0.25, 0.3) is 0 Å². The third-order valence-corrected chi connectivity index (χ3v) is 3.72. The number of nitro groups is 1. The predicted molar refractivity (Wildman–Crippen MR) is 76.3 cm³/mol. The molecule has 1 N–H and O–H groups in total. The monoisotopic (exact) mass is 374 g/mol. The second-order valence-electron chi connectivity index (χ2n) is 4.31. The van der Waals surface area contributed by atoms with Gasteiger partial charge < -0.3 is 15.4 Å². The maximum absolute atomic E-state index is 13.4. The number of benzene rings is 1. The van der Waals surface area contributed by atoms with Gasteiger partial charge in [0.05, 0.1) is 16.5 Å². The summed E-state index contributed by atoms with van der Waals surface area (Å²) in [7, 11) is 0. The Hall–Kier alpha value is -2.36. The second-order valence-corrected chi connectivity index (χ2v) is 5.10. The third kappa shape index (κ3) is 3.27. The van der Waals surface area contributed by atoms with E-state index in [1.165, 1.54) is 6.92 Å².